The summed E-state index contributed by atoms with van der Waals surface area (Å²) in [6, 6.07) is 20.9. The van der Waals surface area contributed by atoms with Gasteiger partial charge >= 0.3 is 0 Å². The fraction of sp³-hybridized carbons (Fsp3) is 0.368. The number of para-hydroxylation sites is 1. The zero-order valence-electron chi connectivity index (χ0n) is 13.3. The van der Waals surface area contributed by atoms with Crippen LogP contribution in [0.3, 0.4) is 0 Å². The summed E-state index contributed by atoms with van der Waals surface area (Å²) in [4.78, 5) is 0. The minimum atomic E-state index is -0.824. The molecule has 1 nitrogen and oxygen atoms in total. The van der Waals surface area contributed by atoms with Crippen LogP contribution in [-0.2, 0) is 0 Å². The van der Waals surface area contributed by atoms with Gasteiger partial charge in [0.15, 0.2) is 5.44 Å². The summed E-state index contributed by atoms with van der Waals surface area (Å²) in [5.74, 6) is 4.57. The molecule has 114 valence electrons. The Kier molecular flexibility index (Phi) is 5.75. The van der Waals surface area contributed by atoms with Gasteiger partial charge in [0.05, 0.1) is 0 Å². The topological polar surface area (TPSA) is 9.23 Å². The Hall–Kier alpha value is -1.41. The third-order valence-electron chi connectivity index (χ3n) is 4.24. The third-order valence-corrected chi connectivity index (χ3v) is 8.96. The number of hydrogen-bond acceptors (Lipinski definition) is 1. The van der Waals surface area contributed by atoms with Gasteiger partial charge in [-0.1, -0.05) is 69.3 Å². The SMILES string of the molecule is CCS(CC)(CC)C(Oc1ccccc1)c1ccccc1. The van der Waals surface area contributed by atoms with E-state index >= 15 is 0 Å². The summed E-state index contributed by atoms with van der Waals surface area (Å²) in [7, 11) is -0.824. The van der Waals surface area contributed by atoms with Crippen molar-refractivity contribution in [3.8, 4) is 5.75 Å². The van der Waals surface area contributed by atoms with E-state index in [2.05, 4.69) is 63.2 Å². The van der Waals surface area contributed by atoms with Crippen LogP contribution in [0.1, 0.15) is 31.8 Å². The highest BCUT2D eigenvalue weighted by molar-refractivity contribution is 8.33. The maximum Gasteiger partial charge on any atom is 0.154 e. The highest BCUT2D eigenvalue weighted by atomic mass is 32.3. The van der Waals surface area contributed by atoms with Crippen LogP contribution in [-0.4, -0.2) is 17.3 Å². The van der Waals surface area contributed by atoms with Crippen LogP contribution >= 0.6 is 10.0 Å². The summed E-state index contributed by atoms with van der Waals surface area (Å²) >= 11 is 0. The highest BCUT2D eigenvalue weighted by Gasteiger charge is 2.32. The lowest BCUT2D eigenvalue weighted by atomic mass is 10.2. The lowest BCUT2D eigenvalue weighted by Crippen LogP contribution is -2.22. The first-order valence-electron chi connectivity index (χ1n) is 7.77. The number of hydrogen-bond donors (Lipinski definition) is 0. The molecule has 0 aliphatic heterocycles. The van der Waals surface area contributed by atoms with Gasteiger partial charge in [-0.05, 0) is 29.4 Å². The minimum absolute atomic E-state index is 0.182. The molecule has 2 rings (SSSR count). The Labute approximate surface area is 130 Å². The molecule has 0 aliphatic carbocycles. The Bertz CT molecular complexity index is 512. The third kappa shape index (κ3) is 3.62. The first-order chi connectivity index (χ1) is 10.3. The summed E-state index contributed by atoms with van der Waals surface area (Å²) in [6.07, 6.45) is 0. The predicted molar refractivity (Wildman–Crippen MR) is 95.5 cm³/mol. The second-order valence-corrected chi connectivity index (χ2v) is 9.54. The lowest BCUT2D eigenvalue weighted by molar-refractivity contribution is 0.290. The van der Waals surface area contributed by atoms with Crippen LogP contribution in [0, 0.1) is 0 Å². The van der Waals surface area contributed by atoms with Crippen molar-refractivity contribution in [2.75, 3.05) is 17.3 Å². The van der Waals surface area contributed by atoms with Crippen LogP contribution in [0.25, 0.3) is 0 Å². The molecular weight excluding hydrogens is 276 g/mol. The molecule has 0 saturated carbocycles. The second kappa shape index (κ2) is 7.56. The fourth-order valence-electron chi connectivity index (χ4n) is 2.76. The largest absolute Gasteiger partial charge is 0.477 e. The zero-order chi connectivity index (χ0) is 15.1. The molecule has 0 amide bonds. The predicted octanol–water partition coefficient (Wildman–Crippen LogP) is 5.63. The quantitative estimate of drug-likeness (QED) is 0.644. The Morgan fingerprint density at radius 1 is 0.762 bits per heavy atom. The van der Waals surface area contributed by atoms with Crippen molar-refractivity contribution in [2.45, 2.75) is 26.2 Å². The Morgan fingerprint density at radius 3 is 1.71 bits per heavy atom. The molecule has 0 radical (unpaired) electrons. The zero-order valence-corrected chi connectivity index (χ0v) is 14.1. The summed E-state index contributed by atoms with van der Waals surface area (Å²) in [5.41, 5.74) is 1.49. The first kappa shape index (κ1) is 16.0. The van der Waals surface area contributed by atoms with Gasteiger partial charge in [0.1, 0.15) is 5.75 Å². The van der Waals surface area contributed by atoms with E-state index in [0.29, 0.717) is 0 Å². The monoisotopic (exact) mass is 302 g/mol. The molecule has 0 fully saturated rings. The molecule has 1 unspecified atom stereocenters. The molecule has 0 aliphatic rings. The van der Waals surface area contributed by atoms with Crippen LogP contribution in [0.15, 0.2) is 60.7 Å². The second-order valence-electron chi connectivity index (χ2n) is 5.15. The van der Waals surface area contributed by atoms with Gasteiger partial charge < -0.3 is 4.74 Å². The van der Waals surface area contributed by atoms with E-state index in [4.69, 9.17) is 4.74 Å². The first-order valence-corrected chi connectivity index (χ1v) is 9.98. The van der Waals surface area contributed by atoms with Crippen LogP contribution in [0.2, 0.25) is 0 Å². The molecule has 0 bridgehead atoms. The van der Waals surface area contributed by atoms with Crippen LogP contribution in [0.5, 0.6) is 5.75 Å². The van der Waals surface area contributed by atoms with Gasteiger partial charge in [0, 0.05) is 5.56 Å². The number of rotatable bonds is 7. The van der Waals surface area contributed by atoms with Gasteiger partial charge in [-0.2, -0.15) is 0 Å². The van der Waals surface area contributed by atoms with Crippen molar-refractivity contribution < 1.29 is 4.74 Å². The van der Waals surface area contributed by atoms with E-state index in [1.54, 1.807) is 0 Å². The van der Waals surface area contributed by atoms with Crippen LogP contribution < -0.4 is 4.74 Å². The molecule has 2 aromatic carbocycles. The van der Waals surface area contributed by atoms with Crippen molar-refractivity contribution in [3.05, 3.63) is 66.2 Å². The van der Waals surface area contributed by atoms with Crippen molar-refractivity contribution in [3.63, 3.8) is 0 Å². The molecule has 0 aromatic heterocycles. The molecule has 21 heavy (non-hydrogen) atoms. The van der Waals surface area contributed by atoms with E-state index in [-0.39, 0.29) is 5.44 Å². The maximum atomic E-state index is 6.48. The van der Waals surface area contributed by atoms with Gasteiger partial charge in [-0.15, -0.1) is 0 Å². The molecule has 2 heteroatoms. The van der Waals surface area contributed by atoms with Crippen LogP contribution in [0.4, 0.5) is 0 Å². The Morgan fingerprint density at radius 2 is 1.24 bits per heavy atom. The highest BCUT2D eigenvalue weighted by Crippen LogP contribution is 2.59. The smallest absolute Gasteiger partial charge is 0.154 e. The maximum absolute atomic E-state index is 6.48. The molecular formula is C19H26OS. The normalized spacial score (nSPS) is 13.7. The van der Waals surface area contributed by atoms with E-state index in [0.717, 1.165) is 5.75 Å². The Balaban J connectivity index is 2.39. The number of benzene rings is 2. The average Bonchev–Trinajstić information content (AvgIpc) is 2.57. The summed E-state index contributed by atoms with van der Waals surface area (Å²) in [6.45, 7) is 6.94. The van der Waals surface area contributed by atoms with E-state index in [1.807, 2.05) is 18.2 Å². The van der Waals surface area contributed by atoms with Crippen molar-refractivity contribution >= 4 is 10.0 Å². The summed E-state index contributed by atoms with van der Waals surface area (Å²) in [5, 5.41) is 0. The molecule has 2 aromatic rings. The molecule has 1 atom stereocenters. The van der Waals surface area contributed by atoms with E-state index < -0.39 is 10.0 Å². The molecule has 0 saturated heterocycles. The molecule has 0 heterocycles. The summed E-state index contributed by atoms with van der Waals surface area (Å²) < 4.78 is 6.48. The van der Waals surface area contributed by atoms with Gasteiger partial charge in [-0.25, -0.2) is 10.0 Å². The minimum Gasteiger partial charge on any atom is -0.477 e. The standard InChI is InChI=1S/C19H26OS/c1-4-21(5-2,6-3)19(17-13-9-7-10-14-17)20-18-15-11-8-12-16-18/h7-16,19H,4-6H2,1-3H3. The van der Waals surface area contributed by atoms with Gasteiger partial charge in [0.25, 0.3) is 0 Å². The number of ether oxygens (including phenoxy) is 1. The average molecular weight is 302 g/mol. The van der Waals surface area contributed by atoms with Crippen molar-refractivity contribution in [2.24, 2.45) is 0 Å². The van der Waals surface area contributed by atoms with E-state index in [9.17, 15) is 0 Å². The van der Waals surface area contributed by atoms with Gasteiger partial charge in [-0.3, -0.25) is 0 Å². The lowest BCUT2D eigenvalue weighted by Gasteiger charge is -2.44. The van der Waals surface area contributed by atoms with Crippen molar-refractivity contribution in [1.82, 2.24) is 0 Å². The fourth-order valence-corrected chi connectivity index (χ4v) is 5.94. The molecule has 0 spiro atoms. The van der Waals surface area contributed by atoms with Gasteiger partial charge in [0.2, 0.25) is 0 Å². The van der Waals surface area contributed by atoms with Crippen molar-refractivity contribution in [1.29, 1.82) is 0 Å². The molecule has 0 N–H and O–H groups in total. The van der Waals surface area contributed by atoms with E-state index in [1.165, 1.54) is 22.8 Å².